The molecule has 1 aromatic rings. The highest BCUT2D eigenvalue weighted by atomic mass is 16.6. The number of alkyl carbamates (subject to hydrolysis) is 1. The van der Waals surface area contributed by atoms with Crippen LogP contribution in [0.3, 0.4) is 0 Å². The molecule has 154 valence electrons. The SMILES string of the molecule is Cc1ccc(OCCOCCOCCOCCNC(=O)OC(C)(C)C)cc1. The fourth-order valence-corrected chi connectivity index (χ4v) is 1.93. The number of hydrogen-bond acceptors (Lipinski definition) is 6. The molecule has 0 aliphatic heterocycles. The van der Waals surface area contributed by atoms with Crippen molar-refractivity contribution in [3.8, 4) is 5.75 Å². The third-order valence-electron chi connectivity index (χ3n) is 3.18. The summed E-state index contributed by atoms with van der Waals surface area (Å²) < 4.78 is 26.9. The van der Waals surface area contributed by atoms with Crippen LogP contribution in [0.1, 0.15) is 26.3 Å². The van der Waals surface area contributed by atoms with E-state index in [2.05, 4.69) is 5.32 Å². The molecule has 0 saturated carbocycles. The van der Waals surface area contributed by atoms with Gasteiger partial charge in [-0.1, -0.05) is 17.7 Å². The van der Waals surface area contributed by atoms with E-state index >= 15 is 0 Å². The quantitative estimate of drug-likeness (QED) is 0.528. The van der Waals surface area contributed by atoms with Gasteiger partial charge >= 0.3 is 6.09 Å². The van der Waals surface area contributed by atoms with Crippen LogP contribution in [0.2, 0.25) is 0 Å². The van der Waals surface area contributed by atoms with Crippen LogP contribution in [-0.4, -0.2) is 64.5 Å². The molecule has 0 heterocycles. The summed E-state index contributed by atoms with van der Waals surface area (Å²) in [6, 6.07) is 7.92. The van der Waals surface area contributed by atoms with Crippen molar-refractivity contribution in [3.63, 3.8) is 0 Å². The van der Waals surface area contributed by atoms with Crippen molar-refractivity contribution in [2.75, 3.05) is 52.8 Å². The Balaban J connectivity index is 1.81. The molecule has 0 saturated heterocycles. The number of aryl methyl sites for hydroxylation is 1. The van der Waals surface area contributed by atoms with E-state index in [1.807, 2.05) is 52.0 Å². The maximum Gasteiger partial charge on any atom is 0.407 e. The van der Waals surface area contributed by atoms with Crippen molar-refractivity contribution >= 4 is 6.09 Å². The molecular weight excluding hydrogens is 350 g/mol. The second-order valence-corrected chi connectivity index (χ2v) is 6.93. The number of carbonyl (C=O) groups is 1. The molecule has 0 unspecified atom stereocenters. The van der Waals surface area contributed by atoms with Gasteiger partial charge in [-0.15, -0.1) is 0 Å². The molecule has 0 aliphatic carbocycles. The van der Waals surface area contributed by atoms with Crippen LogP contribution in [0.4, 0.5) is 4.79 Å². The fraction of sp³-hybridized carbons (Fsp3) is 0.650. The minimum Gasteiger partial charge on any atom is -0.491 e. The normalized spacial score (nSPS) is 11.3. The van der Waals surface area contributed by atoms with Crippen molar-refractivity contribution in [1.29, 1.82) is 0 Å². The number of ether oxygens (including phenoxy) is 5. The van der Waals surface area contributed by atoms with Crippen molar-refractivity contribution in [2.45, 2.75) is 33.3 Å². The van der Waals surface area contributed by atoms with E-state index in [0.717, 1.165) is 5.75 Å². The van der Waals surface area contributed by atoms with E-state index in [4.69, 9.17) is 23.7 Å². The minimum absolute atomic E-state index is 0.402. The van der Waals surface area contributed by atoms with Gasteiger partial charge < -0.3 is 29.0 Å². The second-order valence-electron chi connectivity index (χ2n) is 6.93. The van der Waals surface area contributed by atoms with Gasteiger partial charge in [0.25, 0.3) is 0 Å². The molecule has 7 nitrogen and oxygen atoms in total. The smallest absolute Gasteiger partial charge is 0.407 e. The van der Waals surface area contributed by atoms with Gasteiger partial charge in [-0.05, 0) is 39.8 Å². The number of amides is 1. The first-order valence-corrected chi connectivity index (χ1v) is 9.26. The summed E-state index contributed by atoms with van der Waals surface area (Å²) in [5.74, 6) is 0.846. The van der Waals surface area contributed by atoms with Crippen LogP contribution >= 0.6 is 0 Å². The average Bonchev–Trinajstić information content (AvgIpc) is 2.59. The first kappa shape index (κ1) is 23.2. The molecule has 0 bridgehead atoms. The molecule has 0 aromatic heterocycles. The molecule has 1 amide bonds. The van der Waals surface area contributed by atoms with Crippen LogP contribution in [-0.2, 0) is 18.9 Å². The molecule has 0 aliphatic rings. The van der Waals surface area contributed by atoms with E-state index in [1.165, 1.54) is 5.56 Å². The van der Waals surface area contributed by atoms with Crippen LogP contribution < -0.4 is 10.1 Å². The van der Waals surface area contributed by atoms with E-state index in [0.29, 0.717) is 52.8 Å². The number of carbonyl (C=O) groups excluding carboxylic acids is 1. The highest BCUT2D eigenvalue weighted by Crippen LogP contribution is 2.10. The molecule has 7 heteroatoms. The van der Waals surface area contributed by atoms with E-state index in [-0.39, 0.29) is 0 Å². The van der Waals surface area contributed by atoms with Crippen molar-refractivity contribution in [3.05, 3.63) is 29.8 Å². The maximum atomic E-state index is 11.4. The Morgan fingerprint density at radius 2 is 1.37 bits per heavy atom. The lowest BCUT2D eigenvalue weighted by atomic mass is 10.2. The van der Waals surface area contributed by atoms with Gasteiger partial charge in [-0.2, -0.15) is 0 Å². The minimum atomic E-state index is -0.492. The number of rotatable bonds is 13. The summed E-state index contributed by atoms with van der Waals surface area (Å²) in [7, 11) is 0. The van der Waals surface area contributed by atoms with Gasteiger partial charge in [0.15, 0.2) is 0 Å². The lowest BCUT2D eigenvalue weighted by molar-refractivity contribution is 0.00904. The van der Waals surface area contributed by atoms with Gasteiger partial charge in [0, 0.05) is 6.54 Å². The zero-order valence-electron chi connectivity index (χ0n) is 16.9. The van der Waals surface area contributed by atoms with Crippen molar-refractivity contribution in [1.82, 2.24) is 5.32 Å². The Morgan fingerprint density at radius 1 is 0.852 bits per heavy atom. The molecular formula is C20H33NO6. The fourth-order valence-electron chi connectivity index (χ4n) is 1.93. The predicted molar refractivity (Wildman–Crippen MR) is 103 cm³/mol. The van der Waals surface area contributed by atoms with Crippen molar-refractivity contribution in [2.24, 2.45) is 0 Å². The molecule has 0 fully saturated rings. The molecule has 27 heavy (non-hydrogen) atoms. The summed E-state index contributed by atoms with van der Waals surface area (Å²) in [6.07, 6.45) is -0.439. The second kappa shape index (κ2) is 13.4. The van der Waals surface area contributed by atoms with Gasteiger partial charge in [-0.3, -0.25) is 0 Å². The lowest BCUT2D eigenvalue weighted by Crippen LogP contribution is -2.34. The third kappa shape index (κ3) is 14.0. The zero-order chi connectivity index (χ0) is 20.0. The maximum absolute atomic E-state index is 11.4. The zero-order valence-corrected chi connectivity index (χ0v) is 16.9. The Labute approximate surface area is 162 Å². The Hall–Kier alpha value is -1.83. The predicted octanol–water partition coefficient (Wildman–Crippen LogP) is 2.95. The standard InChI is InChI=1S/C20H33NO6/c1-17-5-7-18(8-6-17)26-16-15-25-14-13-24-12-11-23-10-9-21-19(22)27-20(2,3)4/h5-8H,9-16H2,1-4H3,(H,21,22). The van der Waals surface area contributed by atoms with Crippen LogP contribution in [0, 0.1) is 6.92 Å². The molecule has 0 spiro atoms. The number of hydrogen-bond donors (Lipinski definition) is 1. The van der Waals surface area contributed by atoms with Gasteiger partial charge in [0.05, 0.1) is 39.6 Å². The largest absolute Gasteiger partial charge is 0.491 e. The Bertz CT molecular complexity index is 512. The van der Waals surface area contributed by atoms with Crippen LogP contribution in [0.25, 0.3) is 0 Å². The summed E-state index contributed by atoms with van der Waals surface area (Å²) in [4.78, 5) is 11.4. The molecule has 1 aromatic carbocycles. The third-order valence-corrected chi connectivity index (χ3v) is 3.18. The van der Waals surface area contributed by atoms with Gasteiger partial charge in [0.1, 0.15) is 18.0 Å². The first-order chi connectivity index (χ1) is 12.9. The van der Waals surface area contributed by atoms with E-state index in [9.17, 15) is 4.79 Å². The highest BCUT2D eigenvalue weighted by molar-refractivity contribution is 5.67. The molecule has 1 N–H and O–H groups in total. The number of nitrogens with one attached hydrogen (secondary N) is 1. The van der Waals surface area contributed by atoms with E-state index < -0.39 is 11.7 Å². The summed E-state index contributed by atoms with van der Waals surface area (Å²) in [6.45, 7) is 11.3. The molecule has 0 radical (unpaired) electrons. The van der Waals surface area contributed by atoms with Crippen LogP contribution in [0.5, 0.6) is 5.75 Å². The summed E-state index contributed by atoms with van der Waals surface area (Å²) in [5.41, 5.74) is 0.715. The Kier molecular flexibility index (Phi) is 11.5. The first-order valence-electron chi connectivity index (χ1n) is 9.26. The highest BCUT2D eigenvalue weighted by Gasteiger charge is 2.15. The summed E-state index contributed by atoms with van der Waals surface area (Å²) >= 11 is 0. The van der Waals surface area contributed by atoms with E-state index in [1.54, 1.807) is 0 Å². The molecule has 0 atom stereocenters. The monoisotopic (exact) mass is 383 g/mol. The molecule has 1 rings (SSSR count). The van der Waals surface area contributed by atoms with Gasteiger partial charge in [-0.25, -0.2) is 4.79 Å². The Morgan fingerprint density at radius 3 is 1.93 bits per heavy atom. The topological polar surface area (TPSA) is 75.3 Å². The number of benzene rings is 1. The van der Waals surface area contributed by atoms with Gasteiger partial charge in [0.2, 0.25) is 0 Å². The van der Waals surface area contributed by atoms with Crippen molar-refractivity contribution < 1.29 is 28.5 Å². The van der Waals surface area contributed by atoms with Crippen LogP contribution in [0.15, 0.2) is 24.3 Å². The average molecular weight is 383 g/mol. The lowest BCUT2D eigenvalue weighted by Gasteiger charge is -2.19. The summed E-state index contributed by atoms with van der Waals surface area (Å²) in [5, 5.41) is 2.63.